The maximum Gasteiger partial charge on any atom is 0.126 e. The molecule has 0 bridgehead atoms. The van der Waals surface area contributed by atoms with E-state index in [0.717, 1.165) is 0 Å². The molecule has 1 rings (SSSR count). The van der Waals surface area contributed by atoms with Gasteiger partial charge in [0.2, 0.25) is 0 Å². The highest BCUT2D eigenvalue weighted by atomic mass is 79.9. The summed E-state index contributed by atoms with van der Waals surface area (Å²) < 4.78 is 1.26. The lowest BCUT2D eigenvalue weighted by Gasteiger charge is -2.14. The quantitative estimate of drug-likeness (QED) is 0.708. The number of aliphatic hydroxyl groups is 2. The van der Waals surface area contributed by atoms with Crippen LogP contribution in [0.2, 0.25) is 0 Å². The monoisotopic (exact) mass is 268 g/mol. The molecular formula is C6H6Br2O2. The average molecular weight is 270 g/mol. The van der Waals surface area contributed by atoms with E-state index in [0.29, 0.717) is 15.4 Å². The molecule has 2 N–H and O–H groups in total. The molecule has 2 nitrogen and oxygen atoms in total. The molecule has 0 fully saturated rings. The minimum Gasteiger partial charge on any atom is -0.507 e. The molecule has 0 aromatic carbocycles. The number of halogens is 2. The number of hydrogen-bond acceptors (Lipinski definition) is 2. The van der Waals surface area contributed by atoms with E-state index in [1.807, 2.05) is 0 Å². The molecule has 0 spiro atoms. The van der Waals surface area contributed by atoms with Crippen molar-refractivity contribution < 1.29 is 10.2 Å². The van der Waals surface area contributed by atoms with Crippen LogP contribution in [0, 0.1) is 0 Å². The summed E-state index contributed by atoms with van der Waals surface area (Å²) in [6.07, 6.45) is 1.39. The van der Waals surface area contributed by atoms with Crippen LogP contribution in [0.5, 0.6) is 0 Å². The van der Waals surface area contributed by atoms with Crippen molar-refractivity contribution >= 4 is 31.9 Å². The van der Waals surface area contributed by atoms with E-state index in [-0.39, 0.29) is 5.76 Å². The van der Waals surface area contributed by atoms with E-state index in [1.165, 1.54) is 6.08 Å². The molecule has 0 aromatic rings. The van der Waals surface area contributed by atoms with Gasteiger partial charge < -0.3 is 10.2 Å². The van der Waals surface area contributed by atoms with E-state index in [4.69, 9.17) is 5.11 Å². The van der Waals surface area contributed by atoms with Gasteiger partial charge >= 0.3 is 0 Å². The molecule has 0 aliphatic heterocycles. The van der Waals surface area contributed by atoms with Crippen LogP contribution in [0.25, 0.3) is 0 Å². The minimum atomic E-state index is -0.523. The van der Waals surface area contributed by atoms with Gasteiger partial charge in [-0.05, 0) is 6.08 Å². The van der Waals surface area contributed by atoms with Gasteiger partial charge in [-0.1, -0.05) is 31.9 Å². The van der Waals surface area contributed by atoms with E-state index in [2.05, 4.69) is 31.9 Å². The summed E-state index contributed by atoms with van der Waals surface area (Å²) in [5.74, 6) is 0.178. The Kier molecular flexibility index (Phi) is 2.55. The molecule has 0 saturated heterocycles. The summed E-state index contributed by atoms with van der Waals surface area (Å²) in [7, 11) is 0. The molecule has 1 unspecified atom stereocenters. The van der Waals surface area contributed by atoms with Crippen molar-refractivity contribution in [1.82, 2.24) is 0 Å². The van der Waals surface area contributed by atoms with Gasteiger partial charge in [0, 0.05) is 15.4 Å². The first-order chi connectivity index (χ1) is 4.61. The predicted molar refractivity (Wildman–Crippen MR) is 46.2 cm³/mol. The summed E-state index contributed by atoms with van der Waals surface area (Å²) in [6.45, 7) is 0. The highest BCUT2D eigenvalue weighted by Crippen LogP contribution is 2.29. The minimum absolute atomic E-state index is 0.178. The van der Waals surface area contributed by atoms with Crippen LogP contribution >= 0.6 is 31.9 Å². The van der Waals surface area contributed by atoms with Gasteiger partial charge in [0.25, 0.3) is 0 Å². The molecule has 1 aliphatic carbocycles. The van der Waals surface area contributed by atoms with Crippen molar-refractivity contribution in [2.24, 2.45) is 0 Å². The summed E-state index contributed by atoms with van der Waals surface area (Å²) in [5, 5.41) is 18.3. The smallest absolute Gasteiger partial charge is 0.126 e. The summed E-state index contributed by atoms with van der Waals surface area (Å²) in [6, 6.07) is 0. The van der Waals surface area contributed by atoms with Gasteiger partial charge in [-0.3, -0.25) is 0 Å². The molecule has 4 heteroatoms. The third-order valence-electron chi connectivity index (χ3n) is 1.24. The first-order valence-electron chi connectivity index (χ1n) is 2.74. The van der Waals surface area contributed by atoms with Crippen LogP contribution in [-0.2, 0) is 0 Å². The van der Waals surface area contributed by atoms with Gasteiger partial charge in [0.05, 0.1) is 6.10 Å². The van der Waals surface area contributed by atoms with Crippen molar-refractivity contribution in [1.29, 1.82) is 0 Å². The second-order valence-electron chi connectivity index (χ2n) is 2.04. The van der Waals surface area contributed by atoms with Gasteiger partial charge in [-0.15, -0.1) is 0 Å². The maximum absolute atomic E-state index is 9.18. The summed E-state index contributed by atoms with van der Waals surface area (Å²) >= 11 is 6.24. The standard InChI is InChI=1S/C6H6Br2O2/c7-3-1-5(9)4(8)2-6(3)10/h1,6,9-10H,2H2. The predicted octanol–water partition coefficient (Wildman–Crippen LogP) is 2.19. The Morgan fingerprint density at radius 1 is 1.50 bits per heavy atom. The van der Waals surface area contributed by atoms with Gasteiger partial charge in [-0.2, -0.15) is 0 Å². The van der Waals surface area contributed by atoms with E-state index in [1.54, 1.807) is 0 Å². The maximum atomic E-state index is 9.18. The van der Waals surface area contributed by atoms with E-state index >= 15 is 0 Å². The lowest BCUT2D eigenvalue weighted by atomic mass is 10.1. The zero-order valence-corrected chi connectivity index (χ0v) is 8.18. The Morgan fingerprint density at radius 2 is 2.10 bits per heavy atom. The molecule has 10 heavy (non-hydrogen) atoms. The van der Waals surface area contributed by atoms with Crippen LogP contribution in [0.3, 0.4) is 0 Å². The fraction of sp³-hybridized carbons (Fsp3) is 0.333. The van der Waals surface area contributed by atoms with E-state index in [9.17, 15) is 5.11 Å². The first kappa shape index (κ1) is 8.30. The third-order valence-corrected chi connectivity index (χ3v) is 2.73. The molecule has 0 saturated carbocycles. The normalized spacial score (nSPS) is 26.7. The largest absolute Gasteiger partial charge is 0.507 e. The Balaban J connectivity index is 2.88. The van der Waals surface area contributed by atoms with Crippen LogP contribution in [0.15, 0.2) is 20.8 Å². The number of allylic oxidation sites excluding steroid dienone is 1. The van der Waals surface area contributed by atoms with Crippen LogP contribution < -0.4 is 0 Å². The van der Waals surface area contributed by atoms with Crippen molar-refractivity contribution in [2.45, 2.75) is 12.5 Å². The Bertz CT molecular complexity index is 208. The summed E-state index contributed by atoms with van der Waals surface area (Å²) in [4.78, 5) is 0. The van der Waals surface area contributed by atoms with Crippen molar-refractivity contribution in [2.75, 3.05) is 0 Å². The number of hydrogen-bond donors (Lipinski definition) is 2. The molecule has 1 atom stereocenters. The number of aliphatic hydroxyl groups excluding tert-OH is 2. The molecule has 0 radical (unpaired) electrons. The highest BCUT2D eigenvalue weighted by molar-refractivity contribution is 9.12. The second-order valence-corrected chi connectivity index (χ2v) is 3.91. The molecule has 56 valence electrons. The van der Waals surface area contributed by atoms with Crippen molar-refractivity contribution in [3.63, 3.8) is 0 Å². The second kappa shape index (κ2) is 3.07. The fourth-order valence-electron chi connectivity index (χ4n) is 0.677. The zero-order chi connectivity index (χ0) is 7.72. The number of rotatable bonds is 0. The van der Waals surface area contributed by atoms with Gasteiger partial charge in [0.15, 0.2) is 0 Å². The lowest BCUT2D eigenvalue weighted by Crippen LogP contribution is -2.10. The van der Waals surface area contributed by atoms with Gasteiger partial charge in [0.1, 0.15) is 5.76 Å². The van der Waals surface area contributed by atoms with Crippen LogP contribution in [0.4, 0.5) is 0 Å². The van der Waals surface area contributed by atoms with Crippen molar-refractivity contribution in [3.05, 3.63) is 20.8 Å². The summed E-state index contributed by atoms with van der Waals surface area (Å²) in [5.41, 5.74) is 0. The zero-order valence-electron chi connectivity index (χ0n) is 5.01. The Morgan fingerprint density at radius 3 is 2.60 bits per heavy atom. The third kappa shape index (κ3) is 1.62. The molecule has 1 aliphatic rings. The molecule has 0 heterocycles. The molecule has 0 amide bonds. The first-order valence-corrected chi connectivity index (χ1v) is 4.32. The highest BCUT2D eigenvalue weighted by Gasteiger charge is 2.17. The average Bonchev–Trinajstić information content (AvgIpc) is 1.84. The topological polar surface area (TPSA) is 40.5 Å². The van der Waals surface area contributed by atoms with Gasteiger partial charge in [-0.25, -0.2) is 0 Å². The van der Waals surface area contributed by atoms with Crippen LogP contribution in [0.1, 0.15) is 6.42 Å². The SMILES string of the molecule is OC1=C(Br)CC(O)C(Br)=C1. The molecular weight excluding hydrogens is 264 g/mol. The molecule has 0 aromatic heterocycles. The Hall–Kier alpha value is 0.200. The van der Waals surface area contributed by atoms with Crippen molar-refractivity contribution in [3.8, 4) is 0 Å². The Labute approximate surface area is 75.5 Å². The van der Waals surface area contributed by atoms with E-state index < -0.39 is 6.10 Å². The fourth-order valence-corrected chi connectivity index (χ4v) is 1.48. The van der Waals surface area contributed by atoms with Crippen LogP contribution in [-0.4, -0.2) is 16.3 Å². The lowest BCUT2D eigenvalue weighted by molar-refractivity contribution is 0.217.